The molecule has 0 saturated carbocycles. The Balaban J connectivity index is 1.65. The first kappa shape index (κ1) is 25.4. The summed E-state index contributed by atoms with van der Waals surface area (Å²) >= 11 is 6.16. The molecule has 1 atom stereocenters. The van der Waals surface area contributed by atoms with Gasteiger partial charge in [0.2, 0.25) is 11.6 Å². The second kappa shape index (κ2) is 10.6. The largest absolute Gasteiger partial charge is 0.493 e. The van der Waals surface area contributed by atoms with Gasteiger partial charge in [-0.15, -0.1) is 0 Å². The van der Waals surface area contributed by atoms with Crippen molar-refractivity contribution in [2.45, 2.75) is 26.4 Å². The number of hydrogen-bond acceptors (Lipinski definition) is 7. The normalized spacial score (nSPS) is 12.3. The number of para-hydroxylation sites is 1. The van der Waals surface area contributed by atoms with Crippen molar-refractivity contribution in [3.63, 3.8) is 0 Å². The van der Waals surface area contributed by atoms with Crippen LogP contribution in [0.3, 0.4) is 0 Å². The highest BCUT2D eigenvalue weighted by atomic mass is 35.5. The minimum atomic E-state index is -0.337. The molecule has 0 aliphatic rings. The highest BCUT2D eigenvalue weighted by Crippen LogP contribution is 2.39. The zero-order valence-corrected chi connectivity index (χ0v) is 22.2. The molecule has 0 unspecified atom stereocenters. The number of rotatable bonds is 8. The van der Waals surface area contributed by atoms with Crippen LogP contribution in [0.25, 0.3) is 33.5 Å². The van der Waals surface area contributed by atoms with Crippen LogP contribution in [0.5, 0.6) is 17.2 Å². The van der Waals surface area contributed by atoms with Crippen LogP contribution in [0.4, 0.5) is 0 Å². The number of benzene rings is 3. The Morgan fingerprint density at radius 1 is 1.08 bits per heavy atom. The molecule has 0 aliphatic carbocycles. The van der Waals surface area contributed by atoms with E-state index in [9.17, 15) is 4.79 Å². The number of aromatic nitrogens is 2. The van der Waals surface area contributed by atoms with Crippen LogP contribution < -0.4 is 19.8 Å². The highest BCUT2D eigenvalue weighted by Gasteiger charge is 2.18. The van der Waals surface area contributed by atoms with Crippen molar-refractivity contribution in [1.82, 2.24) is 9.66 Å². The van der Waals surface area contributed by atoms with E-state index >= 15 is 0 Å². The van der Waals surface area contributed by atoms with Crippen molar-refractivity contribution >= 4 is 39.7 Å². The summed E-state index contributed by atoms with van der Waals surface area (Å²) in [6.07, 6.45) is 2.34. The molecule has 9 heteroatoms. The van der Waals surface area contributed by atoms with Crippen LogP contribution in [0.15, 0.2) is 75.0 Å². The predicted molar refractivity (Wildman–Crippen MR) is 149 cm³/mol. The number of hydrogen-bond donors (Lipinski definition) is 0. The second-order valence-electron chi connectivity index (χ2n) is 8.70. The molecule has 5 aromatic rings. The van der Waals surface area contributed by atoms with E-state index < -0.39 is 0 Å². The van der Waals surface area contributed by atoms with E-state index in [0.29, 0.717) is 50.1 Å². The first-order chi connectivity index (χ1) is 18.4. The van der Waals surface area contributed by atoms with Crippen LogP contribution in [0.2, 0.25) is 5.02 Å². The summed E-state index contributed by atoms with van der Waals surface area (Å²) in [5.74, 6) is 2.13. The summed E-state index contributed by atoms with van der Waals surface area (Å²) in [4.78, 5) is 18.3. The number of fused-ring (bicyclic) bond motifs is 2. The summed E-state index contributed by atoms with van der Waals surface area (Å²) in [6, 6.07) is 17.7. The third-order valence-corrected chi connectivity index (χ3v) is 6.39. The fourth-order valence-corrected chi connectivity index (χ4v) is 4.20. The third-order valence-electron chi connectivity index (χ3n) is 6.15. The molecule has 3 aromatic carbocycles. The summed E-state index contributed by atoms with van der Waals surface area (Å²) in [5.41, 5.74) is 1.45. The molecule has 0 radical (unpaired) electrons. The van der Waals surface area contributed by atoms with Gasteiger partial charge in [-0.25, -0.2) is 4.98 Å². The van der Waals surface area contributed by atoms with Gasteiger partial charge in [0.05, 0.1) is 37.4 Å². The van der Waals surface area contributed by atoms with Crippen LogP contribution in [0.1, 0.15) is 25.8 Å². The molecule has 0 bridgehead atoms. The molecule has 2 heterocycles. The molecular weight excluding hydrogens is 506 g/mol. The summed E-state index contributed by atoms with van der Waals surface area (Å²) in [6.45, 7) is 4.01. The molecule has 0 amide bonds. The minimum Gasteiger partial charge on any atom is -0.493 e. The summed E-state index contributed by atoms with van der Waals surface area (Å²) in [7, 11) is 3.12. The first-order valence-electron chi connectivity index (χ1n) is 12.1. The van der Waals surface area contributed by atoms with E-state index in [0.717, 1.165) is 11.8 Å². The SMILES string of the molecule is CC[C@@H](C)Oc1c(OC)cc(C=Nn2c(-c3cc4cc(Cl)ccc4o3)nc3ccccc3c2=O)cc1OC. The van der Waals surface area contributed by atoms with Gasteiger partial charge < -0.3 is 18.6 Å². The van der Waals surface area contributed by atoms with E-state index in [1.807, 2.05) is 19.9 Å². The van der Waals surface area contributed by atoms with E-state index in [1.54, 1.807) is 75.0 Å². The second-order valence-corrected chi connectivity index (χ2v) is 9.13. The molecule has 0 fully saturated rings. The molecule has 2 aromatic heterocycles. The van der Waals surface area contributed by atoms with Crippen molar-refractivity contribution < 1.29 is 18.6 Å². The zero-order valence-electron chi connectivity index (χ0n) is 21.4. The van der Waals surface area contributed by atoms with Gasteiger partial charge in [-0.3, -0.25) is 4.79 Å². The van der Waals surface area contributed by atoms with Crippen LogP contribution in [-0.4, -0.2) is 36.2 Å². The maximum absolute atomic E-state index is 13.5. The average Bonchev–Trinajstić information content (AvgIpc) is 3.35. The molecule has 0 N–H and O–H groups in total. The molecule has 0 aliphatic heterocycles. The monoisotopic (exact) mass is 531 g/mol. The van der Waals surface area contributed by atoms with Gasteiger partial charge in [0.25, 0.3) is 5.56 Å². The fourth-order valence-electron chi connectivity index (χ4n) is 4.01. The maximum atomic E-state index is 13.5. The van der Waals surface area contributed by atoms with Crippen molar-refractivity contribution in [2.75, 3.05) is 14.2 Å². The number of furan rings is 1. The third kappa shape index (κ3) is 4.82. The highest BCUT2D eigenvalue weighted by molar-refractivity contribution is 6.31. The van der Waals surface area contributed by atoms with Crippen molar-refractivity contribution in [1.29, 1.82) is 0 Å². The van der Waals surface area contributed by atoms with Gasteiger partial charge in [-0.2, -0.15) is 9.78 Å². The van der Waals surface area contributed by atoms with E-state index in [4.69, 9.17) is 35.2 Å². The Morgan fingerprint density at radius 3 is 2.53 bits per heavy atom. The van der Waals surface area contributed by atoms with E-state index in [1.165, 1.54) is 4.68 Å². The van der Waals surface area contributed by atoms with Gasteiger partial charge in [0.15, 0.2) is 17.3 Å². The van der Waals surface area contributed by atoms with Crippen LogP contribution in [-0.2, 0) is 0 Å². The van der Waals surface area contributed by atoms with Gasteiger partial charge >= 0.3 is 0 Å². The topological polar surface area (TPSA) is 88.1 Å². The van der Waals surface area contributed by atoms with Crippen molar-refractivity contribution in [3.8, 4) is 28.8 Å². The molecule has 38 heavy (non-hydrogen) atoms. The molecule has 8 nitrogen and oxygen atoms in total. The smallest absolute Gasteiger partial charge is 0.282 e. The van der Waals surface area contributed by atoms with Gasteiger partial charge in [-0.05, 0) is 61.9 Å². The molecule has 0 saturated heterocycles. The fraction of sp³-hybridized carbons (Fsp3) is 0.207. The predicted octanol–water partition coefficient (Wildman–Crippen LogP) is 6.54. The number of methoxy groups -OCH3 is 2. The Kier molecular flexibility index (Phi) is 7.07. The molecule has 0 spiro atoms. The quantitative estimate of drug-likeness (QED) is 0.211. The zero-order chi connectivity index (χ0) is 26.8. The summed E-state index contributed by atoms with van der Waals surface area (Å²) in [5, 5.41) is 6.32. The lowest BCUT2D eigenvalue weighted by molar-refractivity contribution is 0.198. The Hall–Kier alpha value is -4.30. The van der Waals surface area contributed by atoms with Crippen LogP contribution >= 0.6 is 11.6 Å². The molecule has 194 valence electrons. The van der Waals surface area contributed by atoms with Gasteiger partial charge in [-0.1, -0.05) is 30.7 Å². The van der Waals surface area contributed by atoms with Crippen LogP contribution in [0, 0.1) is 0 Å². The maximum Gasteiger partial charge on any atom is 0.282 e. The standard InChI is InChI=1S/C29H26ClN3O5/c1-5-17(2)37-27-24(35-3)12-18(13-25(27)36-4)16-31-33-28(32-22-9-7-6-8-21(22)29(33)34)26-15-19-14-20(30)10-11-23(19)38-26/h6-17H,5H2,1-4H3/t17-/m1/s1. The van der Waals surface area contributed by atoms with Gasteiger partial charge in [0.1, 0.15) is 5.58 Å². The lowest BCUT2D eigenvalue weighted by atomic mass is 10.2. The Bertz CT molecular complexity index is 1700. The lowest BCUT2D eigenvalue weighted by Gasteiger charge is -2.18. The van der Waals surface area contributed by atoms with Gasteiger partial charge in [0, 0.05) is 16.0 Å². The number of halogens is 1. The first-order valence-corrected chi connectivity index (χ1v) is 12.5. The number of nitrogens with zero attached hydrogens (tertiary/aromatic N) is 3. The average molecular weight is 532 g/mol. The molecular formula is C29H26ClN3O5. The lowest BCUT2D eigenvalue weighted by Crippen LogP contribution is -2.20. The Labute approximate surface area is 224 Å². The van der Waals surface area contributed by atoms with E-state index in [2.05, 4.69) is 5.10 Å². The minimum absolute atomic E-state index is 0.0270. The number of ether oxygens (including phenoxy) is 3. The van der Waals surface area contributed by atoms with E-state index in [-0.39, 0.29) is 17.5 Å². The Morgan fingerprint density at radius 2 is 1.82 bits per heavy atom. The van der Waals surface area contributed by atoms with Crippen molar-refractivity contribution in [2.24, 2.45) is 5.10 Å². The summed E-state index contributed by atoms with van der Waals surface area (Å²) < 4.78 is 24.4. The van der Waals surface area contributed by atoms with Crippen molar-refractivity contribution in [3.05, 3.63) is 81.6 Å². The molecule has 5 rings (SSSR count).